The second kappa shape index (κ2) is 7.14. The van der Waals surface area contributed by atoms with Gasteiger partial charge in [-0.1, -0.05) is 30.2 Å². The number of benzene rings is 2. The van der Waals surface area contributed by atoms with Crippen molar-refractivity contribution < 1.29 is 9.50 Å². The average molecular weight is 396 g/mol. The van der Waals surface area contributed by atoms with E-state index in [1.807, 2.05) is 10.6 Å². The molecule has 144 valence electrons. The van der Waals surface area contributed by atoms with Gasteiger partial charge in [-0.2, -0.15) is 0 Å². The highest BCUT2D eigenvalue weighted by molar-refractivity contribution is 7.22. The highest BCUT2D eigenvalue weighted by Gasteiger charge is 2.23. The van der Waals surface area contributed by atoms with Crippen LogP contribution in [0.3, 0.4) is 0 Å². The summed E-state index contributed by atoms with van der Waals surface area (Å²) in [5.41, 5.74) is 3.68. The minimum atomic E-state index is -0.296. The maximum absolute atomic E-state index is 13.4. The summed E-state index contributed by atoms with van der Waals surface area (Å²) >= 11 is 1.62. The molecule has 1 aliphatic rings. The molecule has 0 radical (unpaired) electrons. The first-order valence-electron chi connectivity index (χ1n) is 9.60. The van der Waals surface area contributed by atoms with Gasteiger partial charge >= 0.3 is 0 Å². The molecule has 2 atom stereocenters. The Balaban J connectivity index is 1.38. The summed E-state index contributed by atoms with van der Waals surface area (Å²) in [4.78, 5) is 8.97. The van der Waals surface area contributed by atoms with Crippen molar-refractivity contribution in [1.82, 2.24) is 14.5 Å². The molecule has 28 heavy (non-hydrogen) atoms. The quantitative estimate of drug-likeness (QED) is 0.531. The normalized spacial score (nSPS) is 20.1. The number of aliphatic hydroxyl groups excluding tert-OH is 1. The lowest BCUT2D eigenvalue weighted by molar-refractivity contribution is 0.116. The van der Waals surface area contributed by atoms with E-state index in [4.69, 9.17) is 0 Å². The molecular weight excluding hydrogens is 375 g/mol. The van der Waals surface area contributed by atoms with Gasteiger partial charge in [-0.15, -0.1) is 0 Å². The van der Waals surface area contributed by atoms with Gasteiger partial charge in [0.1, 0.15) is 5.82 Å². The van der Waals surface area contributed by atoms with E-state index in [0.29, 0.717) is 12.1 Å². The minimum absolute atomic E-state index is 0.0893. The van der Waals surface area contributed by atoms with Crippen LogP contribution in [0, 0.1) is 5.82 Å². The van der Waals surface area contributed by atoms with Gasteiger partial charge in [0.05, 0.1) is 39.7 Å². The van der Waals surface area contributed by atoms with Crippen LogP contribution in [-0.4, -0.2) is 31.8 Å². The van der Waals surface area contributed by atoms with Crippen LogP contribution >= 0.6 is 11.3 Å². The summed E-state index contributed by atoms with van der Waals surface area (Å²) in [5, 5.41) is 14.5. The fourth-order valence-electron chi connectivity index (χ4n) is 3.93. The van der Waals surface area contributed by atoms with Crippen molar-refractivity contribution in [3.05, 3.63) is 54.1 Å². The lowest BCUT2D eigenvalue weighted by atomic mass is 9.93. The van der Waals surface area contributed by atoms with Crippen molar-refractivity contribution >= 4 is 37.7 Å². The molecule has 2 unspecified atom stereocenters. The van der Waals surface area contributed by atoms with Crippen LogP contribution in [0.2, 0.25) is 0 Å². The van der Waals surface area contributed by atoms with E-state index in [1.54, 1.807) is 23.7 Å². The zero-order valence-corrected chi connectivity index (χ0v) is 16.1. The fraction of sp³-hybridized carbons (Fsp3) is 0.333. The molecule has 0 saturated heterocycles. The van der Waals surface area contributed by atoms with E-state index in [1.165, 1.54) is 12.1 Å². The van der Waals surface area contributed by atoms with E-state index in [-0.39, 0.29) is 18.0 Å². The number of rotatable bonds is 4. The molecule has 0 aliphatic heterocycles. The summed E-state index contributed by atoms with van der Waals surface area (Å²) in [6.45, 7) is 0.667. The third-order valence-electron chi connectivity index (χ3n) is 5.43. The first kappa shape index (κ1) is 17.6. The maximum atomic E-state index is 13.4. The number of nitrogens with one attached hydrogen (secondary N) is 1. The standard InChI is InChI=1S/C21H21FN4OS/c22-14-6-8-18-17(10-14)23-12-26(18)11-13-5-7-16-20(9-13)28-21(25-16)24-15-3-1-2-4-19(15)27/h5-10,12,15,19,27H,1-4,11H2,(H,24,25). The van der Waals surface area contributed by atoms with Crippen molar-refractivity contribution in [3.8, 4) is 0 Å². The number of imidazole rings is 1. The molecule has 0 amide bonds. The third-order valence-corrected chi connectivity index (χ3v) is 6.38. The summed E-state index contributed by atoms with van der Waals surface area (Å²) in [6, 6.07) is 11.0. The Labute approximate surface area is 165 Å². The van der Waals surface area contributed by atoms with E-state index in [2.05, 4.69) is 27.4 Å². The average Bonchev–Trinajstić information content (AvgIpc) is 3.26. The first-order valence-corrected chi connectivity index (χ1v) is 10.4. The van der Waals surface area contributed by atoms with Crippen LogP contribution in [0.25, 0.3) is 21.3 Å². The zero-order chi connectivity index (χ0) is 19.1. The maximum Gasteiger partial charge on any atom is 0.184 e. The molecule has 0 spiro atoms. The Kier molecular flexibility index (Phi) is 4.49. The van der Waals surface area contributed by atoms with Crippen LogP contribution in [0.1, 0.15) is 31.2 Å². The lowest BCUT2D eigenvalue weighted by Crippen LogP contribution is -2.36. The molecule has 7 heteroatoms. The highest BCUT2D eigenvalue weighted by Crippen LogP contribution is 2.30. The van der Waals surface area contributed by atoms with Crippen molar-refractivity contribution in [2.45, 2.75) is 44.4 Å². The Hall–Kier alpha value is -2.51. The van der Waals surface area contributed by atoms with Gasteiger partial charge in [0.15, 0.2) is 5.13 Å². The molecule has 4 aromatic rings. The number of halogens is 1. The summed E-state index contributed by atoms with van der Waals surface area (Å²) < 4.78 is 16.5. The van der Waals surface area contributed by atoms with Gasteiger partial charge in [-0.05, 0) is 42.7 Å². The van der Waals surface area contributed by atoms with Crippen LogP contribution < -0.4 is 5.32 Å². The molecule has 2 aromatic heterocycles. The van der Waals surface area contributed by atoms with Crippen LogP contribution in [-0.2, 0) is 6.54 Å². The molecule has 5 nitrogen and oxygen atoms in total. The minimum Gasteiger partial charge on any atom is -0.391 e. The number of aliphatic hydroxyl groups is 1. The molecule has 2 N–H and O–H groups in total. The monoisotopic (exact) mass is 396 g/mol. The number of anilines is 1. The largest absolute Gasteiger partial charge is 0.391 e. The third kappa shape index (κ3) is 3.36. The second-order valence-corrected chi connectivity index (χ2v) is 8.46. The summed E-state index contributed by atoms with van der Waals surface area (Å²) in [7, 11) is 0. The van der Waals surface area contributed by atoms with Gasteiger partial charge in [0.25, 0.3) is 0 Å². The SMILES string of the molecule is OC1CCCCC1Nc1nc2ccc(Cn3cnc4cc(F)ccc43)cc2s1. The number of fused-ring (bicyclic) bond motifs is 2. The van der Waals surface area contributed by atoms with Crippen molar-refractivity contribution in [1.29, 1.82) is 0 Å². The van der Waals surface area contributed by atoms with Crippen LogP contribution in [0.15, 0.2) is 42.7 Å². The molecule has 2 aromatic carbocycles. The molecule has 0 bridgehead atoms. The van der Waals surface area contributed by atoms with Gasteiger partial charge in [0, 0.05) is 12.6 Å². The lowest BCUT2D eigenvalue weighted by Gasteiger charge is -2.27. The highest BCUT2D eigenvalue weighted by atomic mass is 32.1. The Morgan fingerprint density at radius 1 is 1.14 bits per heavy atom. The first-order chi connectivity index (χ1) is 13.7. The fourth-order valence-corrected chi connectivity index (χ4v) is 4.92. The number of aromatic nitrogens is 3. The van der Waals surface area contributed by atoms with Crippen molar-refractivity contribution in [2.75, 3.05) is 5.32 Å². The Bertz CT molecular complexity index is 1140. The zero-order valence-electron chi connectivity index (χ0n) is 15.3. The molecule has 1 fully saturated rings. The molecule has 2 heterocycles. The van der Waals surface area contributed by atoms with Gasteiger partial charge in [-0.25, -0.2) is 14.4 Å². The molecule has 1 saturated carbocycles. The van der Waals surface area contributed by atoms with E-state index >= 15 is 0 Å². The molecular formula is C21H21FN4OS. The second-order valence-electron chi connectivity index (χ2n) is 7.43. The number of thiazole rings is 1. The topological polar surface area (TPSA) is 63.0 Å². The smallest absolute Gasteiger partial charge is 0.184 e. The number of hydrogen-bond donors (Lipinski definition) is 2. The summed E-state index contributed by atoms with van der Waals surface area (Å²) in [6.07, 6.45) is 5.53. The number of nitrogens with zero attached hydrogens (tertiary/aromatic N) is 3. The molecule has 1 aliphatic carbocycles. The van der Waals surface area contributed by atoms with Crippen molar-refractivity contribution in [3.63, 3.8) is 0 Å². The van der Waals surface area contributed by atoms with E-state index in [9.17, 15) is 9.50 Å². The van der Waals surface area contributed by atoms with Crippen LogP contribution in [0.5, 0.6) is 0 Å². The van der Waals surface area contributed by atoms with Crippen molar-refractivity contribution in [2.24, 2.45) is 0 Å². The Morgan fingerprint density at radius 2 is 2.04 bits per heavy atom. The van der Waals surface area contributed by atoms with Gasteiger partial charge in [-0.3, -0.25) is 0 Å². The van der Waals surface area contributed by atoms with Crippen LogP contribution in [0.4, 0.5) is 9.52 Å². The molecule has 5 rings (SSSR count). The summed E-state index contributed by atoms with van der Waals surface area (Å²) in [5.74, 6) is -0.271. The number of hydrogen-bond acceptors (Lipinski definition) is 5. The predicted octanol–water partition coefficient (Wildman–Crippen LogP) is 4.55. The van der Waals surface area contributed by atoms with E-state index < -0.39 is 0 Å². The van der Waals surface area contributed by atoms with E-state index in [0.717, 1.165) is 52.1 Å². The predicted molar refractivity (Wildman–Crippen MR) is 110 cm³/mol. The van der Waals surface area contributed by atoms with Gasteiger partial charge < -0.3 is 15.0 Å². The van der Waals surface area contributed by atoms with Gasteiger partial charge in [0.2, 0.25) is 0 Å². The Morgan fingerprint density at radius 3 is 2.93 bits per heavy atom.